The van der Waals surface area contributed by atoms with E-state index >= 15 is 0 Å². The SMILES string of the molecule is CN(C(=O)CN)C1CCSC1. The monoisotopic (exact) mass is 174 g/mol. The van der Waals surface area contributed by atoms with Gasteiger partial charge < -0.3 is 10.6 Å². The summed E-state index contributed by atoms with van der Waals surface area (Å²) >= 11 is 1.90. The van der Waals surface area contributed by atoms with Gasteiger partial charge in [0.15, 0.2) is 0 Å². The molecule has 2 N–H and O–H groups in total. The normalized spacial score (nSPS) is 23.6. The third-order valence-corrected chi connectivity index (χ3v) is 3.17. The highest BCUT2D eigenvalue weighted by Crippen LogP contribution is 2.20. The average Bonchev–Trinajstić information content (AvgIpc) is 2.53. The van der Waals surface area contributed by atoms with Crippen molar-refractivity contribution in [2.24, 2.45) is 5.73 Å². The Balaban J connectivity index is 2.39. The molecule has 1 saturated heterocycles. The lowest BCUT2D eigenvalue weighted by atomic mass is 10.2. The quantitative estimate of drug-likeness (QED) is 0.636. The molecule has 1 amide bonds. The second kappa shape index (κ2) is 3.97. The van der Waals surface area contributed by atoms with Crippen LogP contribution < -0.4 is 5.73 Å². The van der Waals surface area contributed by atoms with Crippen molar-refractivity contribution in [1.82, 2.24) is 4.90 Å². The van der Waals surface area contributed by atoms with Gasteiger partial charge in [-0.3, -0.25) is 4.79 Å². The molecule has 0 aromatic carbocycles. The van der Waals surface area contributed by atoms with Crippen LogP contribution in [0.4, 0.5) is 0 Å². The molecule has 0 aliphatic carbocycles. The van der Waals surface area contributed by atoms with Crippen molar-refractivity contribution in [2.75, 3.05) is 25.1 Å². The van der Waals surface area contributed by atoms with Crippen molar-refractivity contribution in [3.8, 4) is 0 Å². The van der Waals surface area contributed by atoms with E-state index in [0.717, 1.165) is 12.2 Å². The largest absolute Gasteiger partial charge is 0.341 e. The van der Waals surface area contributed by atoms with E-state index in [2.05, 4.69) is 0 Å². The van der Waals surface area contributed by atoms with Gasteiger partial charge in [0.05, 0.1) is 6.54 Å². The Morgan fingerprint density at radius 3 is 3.00 bits per heavy atom. The maximum Gasteiger partial charge on any atom is 0.236 e. The van der Waals surface area contributed by atoms with Gasteiger partial charge in [-0.15, -0.1) is 0 Å². The molecule has 1 aliphatic rings. The Hall–Kier alpha value is -0.220. The highest BCUT2D eigenvalue weighted by molar-refractivity contribution is 7.99. The molecule has 0 saturated carbocycles. The van der Waals surface area contributed by atoms with E-state index in [-0.39, 0.29) is 12.5 Å². The molecular formula is C7H14N2OS. The second-order valence-electron chi connectivity index (χ2n) is 2.73. The molecule has 64 valence electrons. The van der Waals surface area contributed by atoms with Crippen molar-refractivity contribution >= 4 is 17.7 Å². The van der Waals surface area contributed by atoms with Gasteiger partial charge in [-0.2, -0.15) is 11.8 Å². The lowest BCUT2D eigenvalue weighted by molar-refractivity contribution is -0.129. The second-order valence-corrected chi connectivity index (χ2v) is 3.88. The lowest BCUT2D eigenvalue weighted by Gasteiger charge is -2.22. The van der Waals surface area contributed by atoms with E-state index in [1.54, 1.807) is 4.90 Å². The summed E-state index contributed by atoms with van der Waals surface area (Å²) in [5.74, 6) is 2.30. The van der Waals surface area contributed by atoms with Crippen molar-refractivity contribution in [3.05, 3.63) is 0 Å². The fourth-order valence-corrected chi connectivity index (χ4v) is 2.44. The van der Waals surface area contributed by atoms with Crippen LogP contribution in [0.1, 0.15) is 6.42 Å². The predicted molar refractivity (Wildman–Crippen MR) is 47.6 cm³/mol. The third-order valence-electron chi connectivity index (χ3n) is 2.02. The van der Waals surface area contributed by atoms with Gasteiger partial charge in [-0.05, 0) is 12.2 Å². The van der Waals surface area contributed by atoms with Crippen LogP contribution in [0.2, 0.25) is 0 Å². The first kappa shape index (κ1) is 8.87. The van der Waals surface area contributed by atoms with Crippen LogP contribution in [0, 0.1) is 0 Å². The van der Waals surface area contributed by atoms with E-state index in [9.17, 15) is 4.79 Å². The summed E-state index contributed by atoms with van der Waals surface area (Å²) in [6, 6.07) is 0.427. The van der Waals surface area contributed by atoms with Crippen LogP contribution in [0.5, 0.6) is 0 Å². The van der Waals surface area contributed by atoms with Crippen LogP contribution in [-0.4, -0.2) is 41.9 Å². The van der Waals surface area contributed by atoms with E-state index in [0.29, 0.717) is 6.04 Å². The van der Waals surface area contributed by atoms with Gasteiger partial charge in [0, 0.05) is 18.8 Å². The minimum atomic E-state index is 0.0532. The predicted octanol–water partition coefficient (Wildman–Crippen LogP) is -0.0910. The zero-order valence-electron chi connectivity index (χ0n) is 6.75. The fourth-order valence-electron chi connectivity index (χ4n) is 1.18. The first-order valence-corrected chi connectivity index (χ1v) is 4.94. The number of hydrogen-bond acceptors (Lipinski definition) is 3. The van der Waals surface area contributed by atoms with Gasteiger partial charge in [0.25, 0.3) is 0 Å². The molecular weight excluding hydrogens is 160 g/mol. The van der Waals surface area contributed by atoms with Gasteiger partial charge in [0.2, 0.25) is 5.91 Å². The molecule has 0 bridgehead atoms. The molecule has 4 heteroatoms. The molecule has 0 aromatic heterocycles. The highest BCUT2D eigenvalue weighted by atomic mass is 32.2. The molecule has 0 spiro atoms. The minimum absolute atomic E-state index is 0.0532. The molecule has 0 aromatic rings. The molecule has 1 unspecified atom stereocenters. The molecule has 1 heterocycles. The molecule has 1 atom stereocenters. The van der Waals surface area contributed by atoms with Crippen LogP contribution in [-0.2, 0) is 4.79 Å². The van der Waals surface area contributed by atoms with E-state index in [4.69, 9.17) is 5.73 Å². The number of nitrogens with two attached hydrogens (primary N) is 1. The third kappa shape index (κ3) is 2.10. The van der Waals surface area contributed by atoms with Crippen LogP contribution in [0.25, 0.3) is 0 Å². The van der Waals surface area contributed by atoms with Crippen molar-refractivity contribution in [3.63, 3.8) is 0 Å². The first-order chi connectivity index (χ1) is 5.25. The highest BCUT2D eigenvalue weighted by Gasteiger charge is 2.22. The summed E-state index contributed by atoms with van der Waals surface area (Å²) in [5.41, 5.74) is 5.24. The summed E-state index contributed by atoms with van der Waals surface area (Å²) in [5, 5.41) is 0. The maximum atomic E-state index is 11.1. The van der Waals surface area contributed by atoms with Crippen LogP contribution in [0.15, 0.2) is 0 Å². The van der Waals surface area contributed by atoms with Gasteiger partial charge in [0.1, 0.15) is 0 Å². The zero-order valence-corrected chi connectivity index (χ0v) is 7.56. The number of carbonyl (C=O) groups is 1. The maximum absolute atomic E-state index is 11.1. The van der Waals surface area contributed by atoms with Crippen molar-refractivity contribution in [1.29, 1.82) is 0 Å². The van der Waals surface area contributed by atoms with Gasteiger partial charge in [-0.25, -0.2) is 0 Å². The topological polar surface area (TPSA) is 46.3 Å². The number of rotatable bonds is 2. The number of thioether (sulfide) groups is 1. The first-order valence-electron chi connectivity index (χ1n) is 3.79. The fraction of sp³-hybridized carbons (Fsp3) is 0.857. The van der Waals surface area contributed by atoms with E-state index in [1.165, 1.54) is 5.75 Å². The molecule has 0 radical (unpaired) electrons. The van der Waals surface area contributed by atoms with Gasteiger partial charge in [-0.1, -0.05) is 0 Å². The Labute approximate surface area is 71.3 Å². The molecule has 3 nitrogen and oxygen atoms in total. The molecule has 1 aliphatic heterocycles. The average molecular weight is 174 g/mol. The summed E-state index contributed by atoms with van der Waals surface area (Å²) in [6.45, 7) is 0.137. The Morgan fingerprint density at radius 2 is 2.55 bits per heavy atom. The lowest BCUT2D eigenvalue weighted by Crippen LogP contribution is -2.40. The van der Waals surface area contributed by atoms with Crippen molar-refractivity contribution in [2.45, 2.75) is 12.5 Å². The van der Waals surface area contributed by atoms with E-state index < -0.39 is 0 Å². The Kier molecular flexibility index (Phi) is 3.20. The summed E-state index contributed by atoms with van der Waals surface area (Å²) in [4.78, 5) is 12.9. The number of hydrogen-bond donors (Lipinski definition) is 1. The standard InChI is InChI=1S/C7H14N2OS/c1-9(7(10)4-8)6-2-3-11-5-6/h6H,2-5,8H2,1H3. The summed E-state index contributed by atoms with van der Waals surface area (Å²) in [6.07, 6.45) is 1.12. The molecule has 1 rings (SSSR count). The van der Waals surface area contributed by atoms with Gasteiger partial charge >= 0.3 is 0 Å². The summed E-state index contributed by atoms with van der Waals surface area (Å²) in [7, 11) is 1.84. The van der Waals surface area contributed by atoms with E-state index in [1.807, 2.05) is 18.8 Å². The smallest absolute Gasteiger partial charge is 0.236 e. The van der Waals surface area contributed by atoms with Crippen LogP contribution in [0.3, 0.4) is 0 Å². The number of amides is 1. The van der Waals surface area contributed by atoms with Crippen LogP contribution >= 0.6 is 11.8 Å². The Morgan fingerprint density at radius 1 is 1.82 bits per heavy atom. The van der Waals surface area contributed by atoms with Crippen molar-refractivity contribution < 1.29 is 4.79 Å². The number of nitrogens with zero attached hydrogens (tertiary/aromatic N) is 1. The number of likely N-dealkylation sites (N-methyl/N-ethyl adjacent to an activating group) is 1. The zero-order chi connectivity index (χ0) is 8.27. The molecule has 11 heavy (non-hydrogen) atoms. The summed E-state index contributed by atoms with van der Waals surface area (Å²) < 4.78 is 0. The molecule has 1 fully saturated rings. The Bertz CT molecular complexity index is 145. The minimum Gasteiger partial charge on any atom is -0.341 e. The number of carbonyl (C=O) groups excluding carboxylic acids is 1.